The van der Waals surface area contributed by atoms with Gasteiger partial charge in [0.15, 0.2) is 0 Å². The van der Waals surface area contributed by atoms with Crippen LogP contribution in [0.4, 0.5) is 0 Å². The summed E-state index contributed by atoms with van der Waals surface area (Å²) >= 11 is 0. The average Bonchev–Trinajstić information content (AvgIpc) is 3.45. The van der Waals surface area contributed by atoms with Crippen LogP contribution < -0.4 is 0 Å². The molecular formula is C25H25N5O. The Balaban J connectivity index is 1.22. The van der Waals surface area contributed by atoms with E-state index in [2.05, 4.69) is 22.2 Å². The van der Waals surface area contributed by atoms with Gasteiger partial charge in [0, 0.05) is 36.8 Å². The lowest BCUT2D eigenvalue weighted by atomic mass is 9.97. The van der Waals surface area contributed by atoms with Gasteiger partial charge in [0.2, 0.25) is 5.91 Å². The van der Waals surface area contributed by atoms with E-state index in [9.17, 15) is 4.79 Å². The van der Waals surface area contributed by atoms with Gasteiger partial charge in [-0.2, -0.15) is 5.10 Å². The Bertz CT molecular complexity index is 1170. The molecule has 1 N–H and O–H groups in total. The number of aromatic amines is 1. The molecule has 1 atom stereocenters. The Hall–Kier alpha value is -3.67. The van der Waals surface area contributed by atoms with Gasteiger partial charge in [-0.1, -0.05) is 42.5 Å². The van der Waals surface area contributed by atoms with Crippen molar-refractivity contribution in [3.8, 4) is 0 Å². The highest BCUT2D eigenvalue weighted by Gasteiger charge is 2.25. The lowest BCUT2D eigenvalue weighted by molar-refractivity contribution is -0.127. The first kappa shape index (κ1) is 19.3. The maximum atomic E-state index is 12.8. The molecule has 1 amide bonds. The fourth-order valence-corrected chi connectivity index (χ4v) is 4.16. The van der Waals surface area contributed by atoms with Crippen molar-refractivity contribution in [3.05, 3.63) is 90.0 Å². The van der Waals surface area contributed by atoms with Crippen molar-refractivity contribution in [2.45, 2.75) is 25.3 Å². The zero-order chi connectivity index (χ0) is 21.0. The molecule has 1 aliphatic heterocycles. The molecule has 1 aliphatic rings. The number of hydrogen-bond acceptors (Lipinski definition) is 3. The summed E-state index contributed by atoms with van der Waals surface area (Å²) in [7, 11) is 0. The second-order valence-corrected chi connectivity index (χ2v) is 8.05. The number of hydrogen-bond donors (Lipinski definition) is 1. The van der Waals surface area contributed by atoms with Gasteiger partial charge in [-0.15, -0.1) is 0 Å². The normalized spacial score (nSPS) is 16.9. The second-order valence-electron chi connectivity index (χ2n) is 8.05. The minimum Gasteiger partial charge on any atom is -0.342 e. The number of amides is 1. The van der Waals surface area contributed by atoms with Crippen molar-refractivity contribution in [3.63, 3.8) is 0 Å². The molecular weight excluding hydrogens is 386 g/mol. The lowest BCUT2D eigenvalue weighted by Crippen LogP contribution is -2.38. The van der Waals surface area contributed by atoms with Crippen LogP contribution in [0.3, 0.4) is 0 Å². The molecule has 1 fully saturated rings. The van der Waals surface area contributed by atoms with Crippen LogP contribution in [0, 0.1) is 0 Å². The topological polar surface area (TPSA) is 66.8 Å². The van der Waals surface area contributed by atoms with E-state index in [1.165, 1.54) is 5.56 Å². The Morgan fingerprint density at radius 1 is 1.13 bits per heavy atom. The van der Waals surface area contributed by atoms with Gasteiger partial charge in [-0.05, 0) is 36.6 Å². The number of H-pyrrole nitrogens is 1. The van der Waals surface area contributed by atoms with E-state index in [0.29, 0.717) is 13.1 Å². The standard InChI is InChI=1S/C25H25N5O/c31-24(13-12-20-15-26-30(17-20)16-19-7-2-1-3-8-19)29-14-6-9-21(18-29)25-27-22-10-4-5-11-23(22)28-25/h1-5,7-8,10-13,15,17,21H,6,9,14,16,18H2,(H,27,28)/b13-12+/t21-/m1/s1. The van der Waals surface area contributed by atoms with Crippen LogP contribution in [0.25, 0.3) is 17.1 Å². The van der Waals surface area contributed by atoms with Crippen molar-refractivity contribution in [2.24, 2.45) is 0 Å². The van der Waals surface area contributed by atoms with E-state index in [1.54, 1.807) is 12.3 Å². The number of nitrogens with one attached hydrogen (secondary N) is 1. The van der Waals surface area contributed by atoms with Gasteiger partial charge in [0.05, 0.1) is 23.8 Å². The number of para-hydroxylation sites is 2. The molecule has 2 aromatic heterocycles. The van der Waals surface area contributed by atoms with Crippen LogP contribution in [-0.4, -0.2) is 43.6 Å². The van der Waals surface area contributed by atoms with Crippen LogP contribution in [-0.2, 0) is 11.3 Å². The smallest absolute Gasteiger partial charge is 0.246 e. The minimum absolute atomic E-state index is 0.0385. The molecule has 6 heteroatoms. The van der Waals surface area contributed by atoms with Crippen LogP contribution >= 0.6 is 0 Å². The molecule has 4 aromatic rings. The van der Waals surface area contributed by atoms with Crippen molar-refractivity contribution >= 4 is 23.0 Å². The summed E-state index contributed by atoms with van der Waals surface area (Å²) < 4.78 is 1.89. The second kappa shape index (κ2) is 8.60. The molecule has 2 aromatic carbocycles. The van der Waals surface area contributed by atoms with Crippen LogP contribution in [0.15, 0.2) is 73.1 Å². The fourth-order valence-electron chi connectivity index (χ4n) is 4.16. The third-order valence-electron chi connectivity index (χ3n) is 5.79. The SMILES string of the molecule is O=C(/C=C/c1cnn(Cc2ccccc2)c1)N1CCC[C@@H](c2nc3ccccc3[nH]2)C1. The third-order valence-corrected chi connectivity index (χ3v) is 5.79. The molecule has 0 saturated carbocycles. The first-order chi connectivity index (χ1) is 15.2. The number of fused-ring (bicyclic) bond motifs is 1. The number of carbonyl (C=O) groups is 1. The molecule has 0 unspecified atom stereocenters. The van der Waals surface area contributed by atoms with E-state index in [-0.39, 0.29) is 11.8 Å². The van der Waals surface area contributed by atoms with E-state index >= 15 is 0 Å². The van der Waals surface area contributed by atoms with Gasteiger partial charge in [-0.25, -0.2) is 4.98 Å². The van der Waals surface area contributed by atoms with Crippen molar-refractivity contribution < 1.29 is 4.79 Å². The van der Waals surface area contributed by atoms with Crippen LogP contribution in [0.1, 0.15) is 35.7 Å². The Morgan fingerprint density at radius 2 is 1.97 bits per heavy atom. The van der Waals surface area contributed by atoms with E-state index in [0.717, 1.165) is 41.8 Å². The molecule has 0 bridgehead atoms. The Labute approximate surface area is 181 Å². The van der Waals surface area contributed by atoms with Crippen molar-refractivity contribution in [2.75, 3.05) is 13.1 Å². The number of nitrogens with zero attached hydrogens (tertiary/aromatic N) is 4. The number of carbonyl (C=O) groups excluding carboxylic acids is 1. The summed E-state index contributed by atoms with van der Waals surface area (Å²) in [6, 6.07) is 18.3. The van der Waals surface area contributed by atoms with Gasteiger partial charge in [0.1, 0.15) is 5.82 Å². The molecule has 6 nitrogen and oxygen atoms in total. The summed E-state index contributed by atoms with van der Waals surface area (Å²) in [6.07, 6.45) is 9.28. The lowest BCUT2D eigenvalue weighted by Gasteiger charge is -2.31. The molecule has 0 aliphatic carbocycles. The highest BCUT2D eigenvalue weighted by molar-refractivity contribution is 5.91. The van der Waals surface area contributed by atoms with Crippen LogP contribution in [0.2, 0.25) is 0 Å². The van der Waals surface area contributed by atoms with Crippen molar-refractivity contribution in [1.29, 1.82) is 0 Å². The van der Waals surface area contributed by atoms with E-state index in [4.69, 9.17) is 4.98 Å². The van der Waals surface area contributed by atoms with Gasteiger partial charge in [0.25, 0.3) is 0 Å². The van der Waals surface area contributed by atoms with Gasteiger partial charge >= 0.3 is 0 Å². The maximum Gasteiger partial charge on any atom is 0.246 e. The van der Waals surface area contributed by atoms with E-state index < -0.39 is 0 Å². The maximum absolute atomic E-state index is 12.8. The summed E-state index contributed by atoms with van der Waals surface area (Å²) in [5.41, 5.74) is 4.15. The number of piperidine rings is 1. The summed E-state index contributed by atoms with van der Waals surface area (Å²) in [4.78, 5) is 22.9. The number of likely N-dealkylation sites (tertiary alicyclic amines) is 1. The van der Waals surface area contributed by atoms with E-state index in [1.807, 2.05) is 64.3 Å². The number of imidazole rings is 1. The monoisotopic (exact) mass is 411 g/mol. The largest absolute Gasteiger partial charge is 0.342 e. The number of benzene rings is 2. The first-order valence-electron chi connectivity index (χ1n) is 10.7. The fraction of sp³-hybridized carbons (Fsp3) is 0.240. The summed E-state index contributed by atoms with van der Waals surface area (Å²) in [5, 5.41) is 4.40. The summed E-state index contributed by atoms with van der Waals surface area (Å²) in [5.74, 6) is 1.26. The quantitative estimate of drug-likeness (QED) is 0.500. The molecule has 3 heterocycles. The Kier molecular flexibility index (Phi) is 5.35. The molecule has 156 valence electrons. The average molecular weight is 412 g/mol. The van der Waals surface area contributed by atoms with Crippen LogP contribution in [0.5, 0.6) is 0 Å². The predicted octanol–water partition coefficient (Wildman–Crippen LogP) is 4.23. The molecule has 1 saturated heterocycles. The predicted molar refractivity (Wildman–Crippen MR) is 121 cm³/mol. The Morgan fingerprint density at radius 3 is 2.84 bits per heavy atom. The number of rotatable bonds is 5. The molecule has 0 spiro atoms. The molecule has 5 rings (SSSR count). The third kappa shape index (κ3) is 4.43. The highest BCUT2D eigenvalue weighted by atomic mass is 16.2. The molecule has 31 heavy (non-hydrogen) atoms. The summed E-state index contributed by atoms with van der Waals surface area (Å²) in [6.45, 7) is 2.19. The highest BCUT2D eigenvalue weighted by Crippen LogP contribution is 2.27. The minimum atomic E-state index is 0.0385. The molecule has 0 radical (unpaired) electrons. The number of aromatic nitrogens is 4. The first-order valence-corrected chi connectivity index (χ1v) is 10.7. The van der Waals surface area contributed by atoms with Gasteiger partial charge in [-0.3, -0.25) is 9.48 Å². The zero-order valence-corrected chi connectivity index (χ0v) is 17.3. The zero-order valence-electron chi connectivity index (χ0n) is 17.3. The van der Waals surface area contributed by atoms with Crippen molar-refractivity contribution in [1.82, 2.24) is 24.6 Å². The van der Waals surface area contributed by atoms with Gasteiger partial charge < -0.3 is 9.88 Å².